The molecule has 7 nitrogen and oxygen atoms in total. The third-order valence-corrected chi connectivity index (χ3v) is 7.80. The second kappa shape index (κ2) is 9.64. The van der Waals surface area contributed by atoms with E-state index in [-0.39, 0.29) is 17.3 Å². The molecule has 0 saturated heterocycles. The molecule has 2 fully saturated rings. The minimum Gasteiger partial charge on any atom is -0.432 e. The zero-order valence-electron chi connectivity index (χ0n) is 21.6. The van der Waals surface area contributed by atoms with E-state index in [2.05, 4.69) is 20.5 Å². The summed E-state index contributed by atoms with van der Waals surface area (Å²) in [6, 6.07) is 11.9. The van der Waals surface area contributed by atoms with Gasteiger partial charge in [-0.25, -0.2) is 18.7 Å². The smallest absolute Gasteiger partial charge is 0.246 e. The summed E-state index contributed by atoms with van der Waals surface area (Å²) in [4.78, 5) is 9.50. The van der Waals surface area contributed by atoms with Crippen molar-refractivity contribution in [1.29, 1.82) is 0 Å². The minimum absolute atomic E-state index is 0.120. The highest BCUT2D eigenvalue weighted by Crippen LogP contribution is 2.42. The van der Waals surface area contributed by atoms with Gasteiger partial charge in [-0.15, -0.1) is 10.2 Å². The summed E-state index contributed by atoms with van der Waals surface area (Å²) in [6.45, 7) is 1.53. The maximum absolute atomic E-state index is 15.1. The first kappa shape index (κ1) is 24.1. The van der Waals surface area contributed by atoms with Gasteiger partial charge in [0.05, 0.1) is 0 Å². The van der Waals surface area contributed by atoms with E-state index in [0.717, 1.165) is 47.7 Å². The van der Waals surface area contributed by atoms with E-state index in [0.29, 0.717) is 35.1 Å². The second-order valence-electron chi connectivity index (χ2n) is 10.8. The Morgan fingerprint density at radius 2 is 1.87 bits per heavy atom. The topological polar surface area (TPSA) is 81.7 Å². The van der Waals surface area contributed by atoms with E-state index >= 15 is 4.39 Å². The molecule has 0 radical (unpaired) electrons. The van der Waals surface area contributed by atoms with E-state index in [1.165, 1.54) is 37.5 Å². The van der Waals surface area contributed by atoms with Crippen molar-refractivity contribution in [3.63, 3.8) is 0 Å². The molecule has 0 aliphatic heterocycles. The number of nitrogens with one attached hydrogen (secondary N) is 1. The Morgan fingerprint density at radius 1 is 1.00 bits per heavy atom. The van der Waals surface area contributed by atoms with Crippen molar-refractivity contribution in [3.05, 3.63) is 71.7 Å². The summed E-state index contributed by atoms with van der Waals surface area (Å²) < 4.78 is 37.1. The fourth-order valence-electron chi connectivity index (χ4n) is 5.26. The molecule has 2 aliphatic carbocycles. The summed E-state index contributed by atoms with van der Waals surface area (Å²) in [5.41, 5.74) is 5.10. The molecule has 0 bridgehead atoms. The first-order valence-electron chi connectivity index (χ1n) is 13.5. The van der Waals surface area contributed by atoms with Crippen LogP contribution in [0, 0.1) is 17.6 Å². The summed E-state index contributed by atoms with van der Waals surface area (Å²) in [6.07, 6.45) is 7.51. The number of oxazole rings is 1. The maximum Gasteiger partial charge on any atom is 0.246 e. The van der Waals surface area contributed by atoms with Crippen molar-refractivity contribution < 1.29 is 13.2 Å². The van der Waals surface area contributed by atoms with Gasteiger partial charge in [-0.05, 0) is 91.2 Å². The summed E-state index contributed by atoms with van der Waals surface area (Å²) in [5, 5.41) is 11.6. The van der Waals surface area contributed by atoms with E-state index in [9.17, 15) is 4.39 Å². The number of aromatic nitrogens is 5. The molecule has 0 unspecified atom stereocenters. The predicted molar refractivity (Wildman–Crippen MR) is 144 cm³/mol. The quantitative estimate of drug-likeness (QED) is 0.252. The zero-order chi connectivity index (χ0) is 26.5. The van der Waals surface area contributed by atoms with Crippen LogP contribution in [0.15, 0.2) is 53.2 Å². The molecule has 39 heavy (non-hydrogen) atoms. The Hall–Kier alpha value is -3.98. The van der Waals surface area contributed by atoms with Crippen LogP contribution < -0.4 is 5.32 Å². The third kappa shape index (κ3) is 4.71. The van der Waals surface area contributed by atoms with Crippen LogP contribution >= 0.6 is 0 Å². The predicted octanol–water partition coefficient (Wildman–Crippen LogP) is 6.40. The normalized spacial score (nSPS) is 15.7. The number of hydrogen-bond acceptors (Lipinski definition) is 6. The number of nitrogens with zero attached hydrogens (tertiary/aromatic N) is 5. The molecule has 7 rings (SSSR count). The van der Waals surface area contributed by atoms with Gasteiger partial charge in [-0.3, -0.25) is 0 Å². The molecule has 0 spiro atoms. The molecular formula is C30H28F2N6O. The van der Waals surface area contributed by atoms with Gasteiger partial charge in [-0.2, -0.15) is 0 Å². The molecule has 0 amide bonds. The number of aryl methyl sites for hydroxylation is 1. The lowest BCUT2D eigenvalue weighted by Crippen LogP contribution is -2.26. The first-order chi connectivity index (χ1) is 19.0. The van der Waals surface area contributed by atoms with Crippen LogP contribution in [0.5, 0.6) is 0 Å². The fraction of sp³-hybridized carbons (Fsp3) is 0.333. The molecule has 3 aromatic heterocycles. The number of fused-ring (bicyclic) bond motifs is 1. The number of halogens is 2. The number of benzene rings is 2. The van der Waals surface area contributed by atoms with Crippen molar-refractivity contribution >= 4 is 11.1 Å². The monoisotopic (exact) mass is 526 g/mol. The zero-order valence-corrected chi connectivity index (χ0v) is 21.6. The van der Waals surface area contributed by atoms with Crippen LogP contribution in [0.2, 0.25) is 0 Å². The SMILES string of the molecule is Cn1cnnc1-c1cc(F)ccc1-c1cc(-c2nc3cc(CNCC4CCC4)cc(F)c3o2)nc(C2CC2)c1. The lowest BCUT2D eigenvalue weighted by Gasteiger charge is -2.25. The van der Waals surface area contributed by atoms with E-state index < -0.39 is 5.82 Å². The van der Waals surface area contributed by atoms with Gasteiger partial charge in [0, 0.05) is 30.8 Å². The Balaban J connectivity index is 1.28. The lowest BCUT2D eigenvalue weighted by atomic mass is 9.85. The highest BCUT2D eigenvalue weighted by Gasteiger charge is 2.28. The van der Waals surface area contributed by atoms with Gasteiger partial charge in [0.15, 0.2) is 17.2 Å². The van der Waals surface area contributed by atoms with E-state index in [1.807, 2.05) is 25.2 Å². The molecule has 5 aromatic rings. The molecule has 0 atom stereocenters. The van der Waals surface area contributed by atoms with Crippen molar-refractivity contribution in [3.8, 4) is 34.1 Å². The van der Waals surface area contributed by atoms with Crippen LogP contribution in [0.1, 0.15) is 49.3 Å². The van der Waals surface area contributed by atoms with Crippen molar-refractivity contribution in [2.45, 2.75) is 44.6 Å². The van der Waals surface area contributed by atoms with Gasteiger partial charge in [0.1, 0.15) is 23.4 Å². The van der Waals surface area contributed by atoms with Crippen LogP contribution in [0.4, 0.5) is 8.78 Å². The summed E-state index contributed by atoms with van der Waals surface area (Å²) >= 11 is 0. The molecule has 2 aliphatic rings. The van der Waals surface area contributed by atoms with Crippen molar-refractivity contribution in [2.75, 3.05) is 6.54 Å². The first-order valence-corrected chi connectivity index (χ1v) is 13.5. The van der Waals surface area contributed by atoms with Gasteiger partial charge >= 0.3 is 0 Å². The second-order valence-corrected chi connectivity index (χ2v) is 10.8. The minimum atomic E-state index is -0.437. The standard InChI is InChI=1S/C30H28F2N6O/c1-38-16-34-37-29(38)23-13-21(31)7-8-22(23)20-11-25(19-5-6-19)35-27(12-20)30-36-26-10-18(9-24(32)28(26)39-30)15-33-14-17-3-2-4-17/h7-13,16-17,19,33H,2-6,14-15H2,1H3. The van der Waals surface area contributed by atoms with E-state index in [4.69, 9.17) is 9.40 Å². The Labute approximate surface area is 224 Å². The van der Waals surface area contributed by atoms with E-state index in [1.54, 1.807) is 17.0 Å². The third-order valence-electron chi connectivity index (χ3n) is 7.80. The van der Waals surface area contributed by atoms with Crippen molar-refractivity contribution in [1.82, 2.24) is 30.0 Å². The largest absolute Gasteiger partial charge is 0.432 e. The van der Waals surface area contributed by atoms with Crippen molar-refractivity contribution in [2.24, 2.45) is 13.0 Å². The highest BCUT2D eigenvalue weighted by molar-refractivity contribution is 5.83. The molecule has 1 N–H and O–H groups in total. The number of pyridine rings is 1. The summed E-state index contributed by atoms with van der Waals surface area (Å²) in [7, 11) is 1.82. The maximum atomic E-state index is 15.1. The van der Waals surface area contributed by atoms with Crippen LogP contribution in [0.25, 0.3) is 45.2 Å². The fourth-order valence-corrected chi connectivity index (χ4v) is 5.26. The molecular weight excluding hydrogens is 498 g/mol. The molecule has 198 valence electrons. The average Bonchev–Trinajstić information content (AvgIpc) is 3.52. The van der Waals surface area contributed by atoms with Gasteiger partial charge in [0.25, 0.3) is 0 Å². The Bertz CT molecular complexity index is 1680. The van der Waals surface area contributed by atoms with Gasteiger partial charge < -0.3 is 14.3 Å². The van der Waals surface area contributed by atoms with Crippen LogP contribution in [-0.4, -0.2) is 31.3 Å². The van der Waals surface area contributed by atoms with Crippen LogP contribution in [0.3, 0.4) is 0 Å². The molecule has 2 saturated carbocycles. The van der Waals surface area contributed by atoms with Gasteiger partial charge in [-0.1, -0.05) is 12.5 Å². The molecule has 9 heteroatoms. The van der Waals surface area contributed by atoms with Crippen LogP contribution in [-0.2, 0) is 13.6 Å². The highest BCUT2D eigenvalue weighted by atomic mass is 19.1. The Kier molecular flexibility index (Phi) is 5.96. The average molecular weight is 527 g/mol. The van der Waals surface area contributed by atoms with Gasteiger partial charge in [0.2, 0.25) is 5.89 Å². The molecule has 2 aromatic carbocycles. The molecule has 3 heterocycles. The summed E-state index contributed by atoms with van der Waals surface area (Å²) in [5.74, 6) is 1.09. The lowest BCUT2D eigenvalue weighted by molar-refractivity contribution is 0.301. The number of rotatable bonds is 8. The number of hydrogen-bond donors (Lipinski definition) is 1. The Morgan fingerprint density at radius 3 is 2.62 bits per heavy atom.